The summed E-state index contributed by atoms with van der Waals surface area (Å²) in [6.07, 6.45) is 0. The summed E-state index contributed by atoms with van der Waals surface area (Å²) in [6.45, 7) is 2.88. The van der Waals surface area contributed by atoms with Crippen molar-refractivity contribution in [3.63, 3.8) is 0 Å². The normalized spacial score (nSPS) is 16.0. The molecule has 0 N–H and O–H groups in total. The molecule has 0 atom stereocenters. The Morgan fingerprint density at radius 3 is 2.12 bits per heavy atom. The molecule has 0 radical (unpaired) electrons. The minimum atomic E-state index is -3.33. The lowest BCUT2D eigenvalue weighted by atomic mass is 10.2. The van der Waals surface area contributed by atoms with E-state index in [4.69, 9.17) is 4.74 Å². The highest BCUT2D eigenvalue weighted by molar-refractivity contribution is 7.86. The first-order valence-corrected chi connectivity index (χ1v) is 10.1. The molecule has 1 aliphatic rings. The van der Waals surface area contributed by atoms with Crippen molar-refractivity contribution >= 4 is 15.9 Å². The third-order valence-corrected chi connectivity index (χ3v) is 6.42. The molecule has 0 amide bonds. The first-order chi connectivity index (χ1) is 12.5. The van der Waals surface area contributed by atoms with Gasteiger partial charge in [0.25, 0.3) is 10.2 Å². The van der Waals surface area contributed by atoms with Crippen LogP contribution < -0.4 is 9.64 Å². The average Bonchev–Trinajstić information content (AvgIpc) is 2.67. The van der Waals surface area contributed by atoms with Gasteiger partial charge in [0.15, 0.2) is 0 Å². The molecule has 6 nitrogen and oxygen atoms in total. The SMILES string of the molecule is CN(C)S(=O)(=O)N1CCN(c2ccc(OCc3ccccc3)cc2)CC1. The molecule has 1 saturated heterocycles. The molecule has 3 rings (SSSR count). The summed E-state index contributed by atoms with van der Waals surface area (Å²) in [5.41, 5.74) is 2.22. The van der Waals surface area contributed by atoms with E-state index in [0.29, 0.717) is 32.8 Å². The van der Waals surface area contributed by atoms with E-state index >= 15 is 0 Å². The molecule has 7 heteroatoms. The number of hydrogen-bond acceptors (Lipinski definition) is 4. The highest BCUT2D eigenvalue weighted by Gasteiger charge is 2.28. The van der Waals surface area contributed by atoms with Gasteiger partial charge in [-0.25, -0.2) is 0 Å². The van der Waals surface area contributed by atoms with Crippen molar-refractivity contribution in [3.05, 3.63) is 60.2 Å². The maximum Gasteiger partial charge on any atom is 0.281 e. The zero-order valence-corrected chi connectivity index (χ0v) is 16.0. The van der Waals surface area contributed by atoms with Gasteiger partial charge in [-0.2, -0.15) is 17.0 Å². The van der Waals surface area contributed by atoms with Gasteiger partial charge in [-0.15, -0.1) is 0 Å². The van der Waals surface area contributed by atoms with Crippen LogP contribution in [-0.2, 0) is 16.8 Å². The molecule has 1 aliphatic heterocycles. The van der Waals surface area contributed by atoms with Gasteiger partial charge in [0, 0.05) is 46.0 Å². The highest BCUT2D eigenvalue weighted by atomic mass is 32.2. The topological polar surface area (TPSA) is 53.1 Å². The molecule has 0 bridgehead atoms. The molecule has 0 spiro atoms. The van der Waals surface area contributed by atoms with Gasteiger partial charge in [0.1, 0.15) is 12.4 Å². The summed E-state index contributed by atoms with van der Waals surface area (Å²) in [4.78, 5) is 2.20. The van der Waals surface area contributed by atoms with Crippen LogP contribution in [0.2, 0.25) is 0 Å². The molecular weight excluding hydrogens is 350 g/mol. The van der Waals surface area contributed by atoms with E-state index in [1.807, 2.05) is 54.6 Å². The van der Waals surface area contributed by atoms with Gasteiger partial charge < -0.3 is 9.64 Å². The Labute approximate surface area is 155 Å². The molecule has 0 aliphatic carbocycles. The molecular formula is C19H25N3O3S. The second-order valence-electron chi connectivity index (χ2n) is 6.44. The molecule has 2 aromatic rings. The fourth-order valence-electron chi connectivity index (χ4n) is 2.90. The zero-order valence-electron chi connectivity index (χ0n) is 15.2. The van der Waals surface area contributed by atoms with E-state index in [2.05, 4.69) is 4.90 Å². The largest absolute Gasteiger partial charge is 0.489 e. The predicted octanol–water partition coefficient (Wildman–Crippen LogP) is 2.19. The van der Waals surface area contributed by atoms with Crippen LogP contribution in [0.3, 0.4) is 0 Å². The minimum Gasteiger partial charge on any atom is -0.489 e. The van der Waals surface area contributed by atoms with E-state index in [1.165, 1.54) is 8.61 Å². The lowest BCUT2D eigenvalue weighted by Gasteiger charge is -2.36. The Balaban J connectivity index is 1.55. The van der Waals surface area contributed by atoms with Gasteiger partial charge in [-0.1, -0.05) is 30.3 Å². The standard InChI is InChI=1S/C19H25N3O3S/c1-20(2)26(23,24)22-14-12-21(13-15-22)18-8-10-19(11-9-18)25-16-17-6-4-3-5-7-17/h3-11H,12-16H2,1-2H3. The monoisotopic (exact) mass is 375 g/mol. The Kier molecular flexibility index (Phi) is 5.80. The van der Waals surface area contributed by atoms with Gasteiger partial charge >= 0.3 is 0 Å². The zero-order chi connectivity index (χ0) is 18.6. The molecule has 26 heavy (non-hydrogen) atoms. The quantitative estimate of drug-likeness (QED) is 0.777. The number of benzene rings is 2. The maximum absolute atomic E-state index is 12.2. The van der Waals surface area contributed by atoms with Crippen LogP contribution in [-0.4, -0.2) is 57.3 Å². The molecule has 1 heterocycles. The van der Waals surface area contributed by atoms with E-state index in [9.17, 15) is 8.42 Å². The number of ether oxygens (including phenoxy) is 1. The van der Waals surface area contributed by atoms with Crippen LogP contribution in [0.1, 0.15) is 5.56 Å². The lowest BCUT2D eigenvalue weighted by molar-refractivity contribution is 0.306. The summed E-state index contributed by atoms with van der Waals surface area (Å²) in [6, 6.07) is 18.0. The van der Waals surface area contributed by atoms with Gasteiger partial charge in [-0.05, 0) is 29.8 Å². The Morgan fingerprint density at radius 1 is 0.923 bits per heavy atom. The summed E-state index contributed by atoms with van der Waals surface area (Å²) in [5.74, 6) is 0.825. The number of anilines is 1. The number of nitrogens with zero attached hydrogens (tertiary/aromatic N) is 3. The van der Waals surface area contributed by atoms with Crippen molar-refractivity contribution in [2.75, 3.05) is 45.2 Å². The first-order valence-electron chi connectivity index (χ1n) is 8.66. The third kappa shape index (κ3) is 4.35. The van der Waals surface area contributed by atoms with Gasteiger partial charge in [-0.3, -0.25) is 0 Å². The lowest BCUT2D eigenvalue weighted by Crippen LogP contribution is -2.51. The number of rotatable bonds is 6. The van der Waals surface area contributed by atoms with Crippen molar-refractivity contribution in [1.29, 1.82) is 0 Å². The molecule has 140 valence electrons. The summed E-state index contributed by atoms with van der Waals surface area (Å²) < 4.78 is 33.0. The second kappa shape index (κ2) is 8.07. The van der Waals surface area contributed by atoms with E-state index in [0.717, 1.165) is 17.0 Å². The van der Waals surface area contributed by atoms with Crippen molar-refractivity contribution in [2.24, 2.45) is 0 Å². The van der Waals surface area contributed by atoms with Crippen LogP contribution >= 0.6 is 0 Å². The van der Waals surface area contributed by atoms with E-state index < -0.39 is 10.2 Å². The van der Waals surface area contributed by atoms with Crippen LogP contribution in [0.15, 0.2) is 54.6 Å². The van der Waals surface area contributed by atoms with Crippen LogP contribution in [0.4, 0.5) is 5.69 Å². The Hall–Kier alpha value is -2.09. The van der Waals surface area contributed by atoms with Crippen molar-refractivity contribution < 1.29 is 13.2 Å². The van der Waals surface area contributed by atoms with E-state index in [1.54, 1.807) is 14.1 Å². The van der Waals surface area contributed by atoms with Crippen molar-refractivity contribution in [1.82, 2.24) is 8.61 Å². The molecule has 0 aromatic heterocycles. The second-order valence-corrected chi connectivity index (χ2v) is 8.59. The Bertz CT molecular complexity index is 800. The summed E-state index contributed by atoms with van der Waals surface area (Å²) >= 11 is 0. The van der Waals surface area contributed by atoms with Gasteiger partial charge in [0.2, 0.25) is 0 Å². The molecule has 1 fully saturated rings. The third-order valence-electron chi connectivity index (χ3n) is 4.48. The highest BCUT2D eigenvalue weighted by Crippen LogP contribution is 2.22. The molecule has 0 saturated carbocycles. The minimum absolute atomic E-state index is 0.493. The van der Waals surface area contributed by atoms with E-state index in [-0.39, 0.29) is 0 Å². The molecule has 0 unspecified atom stereocenters. The average molecular weight is 375 g/mol. The van der Waals surface area contributed by atoms with Crippen LogP contribution in [0.5, 0.6) is 5.75 Å². The number of hydrogen-bond donors (Lipinski definition) is 0. The van der Waals surface area contributed by atoms with Crippen molar-refractivity contribution in [2.45, 2.75) is 6.61 Å². The Morgan fingerprint density at radius 2 is 1.54 bits per heavy atom. The van der Waals surface area contributed by atoms with Crippen LogP contribution in [0, 0.1) is 0 Å². The van der Waals surface area contributed by atoms with Crippen LogP contribution in [0.25, 0.3) is 0 Å². The predicted molar refractivity (Wildman–Crippen MR) is 104 cm³/mol. The summed E-state index contributed by atoms with van der Waals surface area (Å²) in [5, 5.41) is 0. The van der Waals surface area contributed by atoms with Gasteiger partial charge in [0.05, 0.1) is 0 Å². The summed E-state index contributed by atoms with van der Waals surface area (Å²) in [7, 11) is -0.195. The van der Waals surface area contributed by atoms with Crippen molar-refractivity contribution in [3.8, 4) is 5.75 Å². The smallest absolute Gasteiger partial charge is 0.281 e. The molecule has 2 aromatic carbocycles. The number of piperazine rings is 1. The first kappa shape index (κ1) is 18.7. The fraction of sp³-hybridized carbons (Fsp3) is 0.368. The maximum atomic E-state index is 12.2. The fourth-order valence-corrected chi connectivity index (χ4v) is 3.99.